The molecule has 7 heteroatoms. The van der Waals surface area contributed by atoms with Gasteiger partial charge in [-0.2, -0.15) is 10.4 Å². The molecular formula is C16H14ClN5O. The third-order valence-electron chi connectivity index (χ3n) is 3.54. The van der Waals surface area contributed by atoms with E-state index in [1.807, 2.05) is 13.0 Å². The van der Waals surface area contributed by atoms with Crippen LogP contribution in [0.15, 0.2) is 18.2 Å². The molecule has 1 amide bonds. The lowest BCUT2D eigenvalue weighted by atomic mass is 10.1. The molecule has 0 unspecified atom stereocenters. The van der Waals surface area contributed by atoms with E-state index in [4.69, 9.17) is 16.9 Å². The maximum absolute atomic E-state index is 11.2. The molecule has 0 spiro atoms. The fourth-order valence-electron chi connectivity index (χ4n) is 2.59. The highest BCUT2D eigenvalue weighted by molar-refractivity contribution is 6.40. The number of fused-ring (bicyclic) bond motifs is 2. The molecule has 23 heavy (non-hydrogen) atoms. The number of nitriles is 1. The Morgan fingerprint density at radius 3 is 2.96 bits per heavy atom. The van der Waals surface area contributed by atoms with Crippen molar-refractivity contribution in [2.45, 2.75) is 26.8 Å². The van der Waals surface area contributed by atoms with Crippen molar-refractivity contribution in [3.8, 4) is 6.07 Å². The van der Waals surface area contributed by atoms with Crippen LogP contribution in [-0.2, 0) is 11.3 Å². The number of aromatic nitrogens is 3. The van der Waals surface area contributed by atoms with Crippen molar-refractivity contribution < 1.29 is 4.79 Å². The highest BCUT2D eigenvalue weighted by Gasteiger charge is 2.16. The number of anilines is 1. The molecule has 0 atom stereocenters. The highest BCUT2D eigenvalue weighted by atomic mass is 35.5. The number of hydrogen-bond acceptors (Lipinski definition) is 4. The molecule has 0 saturated carbocycles. The number of rotatable bonds is 3. The summed E-state index contributed by atoms with van der Waals surface area (Å²) < 4.78 is 1.70. The summed E-state index contributed by atoms with van der Waals surface area (Å²) in [5.74, 6) is -0.147. The number of amides is 1. The second-order valence-electron chi connectivity index (χ2n) is 5.25. The number of nitrogens with one attached hydrogen (secondary N) is 1. The molecule has 0 fully saturated rings. The van der Waals surface area contributed by atoms with E-state index in [1.54, 1.807) is 16.8 Å². The average molecular weight is 328 g/mol. The minimum absolute atomic E-state index is 0.147. The van der Waals surface area contributed by atoms with Crippen LogP contribution in [0.1, 0.15) is 19.0 Å². The van der Waals surface area contributed by atoms with Gasteiger partial charge in [0.1, 0.15) is 0 Å². The van der Waals surface area contributed by atoms with Crippen LogP contribution < -0.4 is 5.32 Å². The molecule has 0 aliphatic rings. The summed E-state index contributed by atoms with van der Waals surface area (Å²) in [6.45, 7) is 3.78. The van der Waals surface area contributed by atoms with Crippen molar-refractivity contribution in [3.63, 3.8) is 0 Å². The number of carbonyl (C=O) groups excluding carboxylic acids is 1. The Labute approximate surface area is 137 Å². The molecule has 3 aromatic rings. The van der Waals surface area contributed by atoms with Gasteiger partial charge in [-0.15, -0.1) is 0 Å². The van der Waals surface area contributed by atoms with Crippen LogP contribution in [0.25, 0.3) is 21.9 Å². The monoisotopic (exact) mass is 327 g/mol. The van der Waals surface area contributed by atoms with Gasteiger partial charge in [-0.1, -0.05) is 11.6 Å². The zero-order valence-electron chi connectivity index (χ0n) is 12.7. The second-order valence-corrected chi connectivity index (χ2v) is 5.63. The summed E-state index contributed by atoms with van der Waals surface area (Å²) in [6.07, 6.45) is 0.347. The average Bonchev–Trinajstić information content (AvgIpc) is 2.80. The lowest BCUT2D eigenvalue weighted by Crippen LogP contribution is -2.05. The van der Waals surface area contributed by atoms with Crippen molar-refractivity contribution in [3.05, 3.63) is 28.9 Å². The van der Waals surface area contributed by atoms with Crippen molar-refractivity contribution in [1.82, 2.24) is 14.8 Å². The Hall–Kier alpha value is -2.65. The first-order valence-electron chi connectivity index (χ1n) is 7.12. The third-order valence-corrected chi connectivity index (χ3v) is 3.93. The molecule has 6 nitrogen and oxygen atoms in total. The number of aryl methyl sites for hydroxylation is 2. The molecule has 0 radical (unpaired) electrons. The van der Waals surface area contributed by atoms with Gasteiger partial charge < -0.3 is 5.32 Å². The number of carbonyl (C=O) groups is 1. The first kappa shape index (κ1) is 15.3. The maximum atomic E-state index is 11.2. The van der Waals surface area contributed by atoms with Gasteiger partial charge in [-0.3, -0.25) is 4.79 Å². The number of benzene rings is 1. The molecule has 0 aliphatic carbocycles. The topological polar surface area (TPSA) is 83.6 Å². The molecule has 2 heterocycles. The minimum atomic E-state index is -0.147. The molecule has 1 N–H and O–H groups in total. The van der Waals surface area contributed by atoms with Crippen LogP contribution in [0.3, 0.4) is 0 Å². The zero-order chi connectivity index (χ0) is 16.6. The van der Waals surface area contributed by atoms with Gasteiger partial charge >= 0.3 is 0 Å². The number of hydrogen-bond donors (Lipinski definition) is 1. The van der Waals surface area contributed by atoms with Crippen LogP contribution in [0.5, 0.6) is 0 Å². The SMILES string of the molecule is CC(=O)Nc1ccc2c(Cl)c3c(C)nn(CCC#N)c3nc2c1. The van der Waals surface area contributed by atoms with Gasteiger partial charge in [0.25, 0.3) is 0 Å². The lowest BCUT2D eigenvalue weighted by Gasteiger charge is -2.07. The molecule has 0 bridgehead atoms. The van der Waals surface area contributed by atoms with Crippen LogP contribution in [-0.4, -0.2) is 20.7 Å². The van der Waals surface area contributed by atoms with Gasteiger partial charge in [0.05, 0.1) is 40.7 Å². The standard InChI is InChI=1S/C16H14ClN5O/c1-9-14-15(17)12-5-4-11(19-10(2)23)8-13(12)20-16(14)22(21-9)7-3-6-18/h4-5,8H,3,7H2,1-2H3,(H,19,23). The van der Waals surface area contributed by atoms with E-state index in [-0.39, 0.29) is 5.91 Å². The van der Waals surface area contributed by atoms with Gasteiger partial charge in [0, 0.05) is 18.0 Å². The molecule has 0 aliphatic heterocycles. The van der Waals surface area contributed by atoms with Crippen molar-refractivity contribution >= 4 is 45.1 Å². The first-order chi connectivity index (χ1) is 11.0. The highest BCUT2D eigenvalue weighted by Crippen LogP contribution is 2.33. The van der Waals surface area contributed by atoms with E-state index >= 15 is 0 Å². The van der Waals surface area contributed by atoms with E-state index in [1.165, 1.54) is 6.92 Å². The zero-order valence-corrected chi connectivity index (χ0v) is 13.5. The normalized spacial score (nSPS) is 10.9. The first-order valence-corrected chi connectivity index (χ1v) is 7.50. The van der Waals surface area contributed by atoms with E-state index < -0.39 is 0 Å². The van der Waals surface area contributed by atoms with Crippen LogP contribution in [0.2, 0.25) is 5.02 Å². The summed E-state index contributed by atoms with van der Waals surface area (Å²) >= 11 is 6.54. The third kappa shape index (κ3) is 2.71. The second kappa shape index (κ2) is 5.86. The molecule has 0 saturated heterocycles. The van der Waals surface area contributed by atoms with Crippen molar-refractivity contribution in [2.75, 3.05) is 5.32 Å². The number of pyridine rings is 1. The Kier molecular flexibility index (Phi) is 3.89. The molecule has 1 aromatic carbocycles. The van der Waals surface area contributed by atoms with Crippen LogP contribution >= 0.6 is 11.6 Å². The van der Waals surface area contributed by atoms with Gasteiger partial charge in [0.15, 0.2) is 5.65 Å². The van der Waals surface area contributed by atoms with Gasteiger partial charge in [0.2, 0.25) is 5.91 Å². The van der Waals surface area contributed by atoms with E-state index in [0.29, 0.717) is 34.8 Å². The van der Waals surface area contributed by atoms with Crippen molar-refractivity contribution in [2.24, 2.45) is 0 Å². The summed E-state index contributed by atoms with van der Waals surface area (Å²) in [5.41, 5.74) is 2.76. The Morgan fingerprint density at radius 1 is 1.48 bits per heavy atom. The lowest BCUT2D eigenvalue weighted by molar-refractivity contribution is -0.114. The summed E-state index contributed by atoms with van der Waals surface area (Å²) in [4.78, 5) is 15.8. The Morgan fingerprint density at radius 2 is 2.26 bits per heavy atom. The molecule has 2 aromatic heterocycles. The van der Waals surface area contributed by atoms with E-state index in [2.05, 4.69) is 21.5 Å². The quantitative estimate of drug-likeness (QED) is 0.799. The van der Waals surface area contributed by atoms with Crippen LogP contribution in [0, 0.1) is 18.3 Å². The largest absolute Gasteiger partial charge is 0.326 e. The van der Waals surface area contributed by atoms with Gasteiger partial charge in [-0.25, -0.2) is 9.67 Å². The van der Waals surface area contributed by atoms with E-state index in [9.17, 15) is 4.79 Å². The Bertz CT molecular complexity index is 970. The van der Waals surface area contributed by atoms with Gasteiger partial charge in [-0.05, 0) is 25.1 Å². The maximum Gasteiger partial charge on any atom is 0.221 e. The fraction of sp³-hybridized carbons (Fsp3) is 0.250. The predicted octanol–water partition coefficient (Wildman–Crippen LogP) is 3.42. The molecule has 3 rings (SSSR count). The van der Waals surface area contributed by atoms with Crippen molar-refractivity contribution in [1.29, 1.82) is 5.26 Å². The predicted molar refractivity (Wildman–Crippen MR) is 89.3 cm³/mol. The fourth-order valence-corrected chi connectivity index (χ4v) is 2.97. The van der Waals surface area contributed by atoms with E-state index in [0.717, 1.165) is 16.5 Å². The summed E-state index contributed by atoms with van der Waals surface area (Å²) in [6, 6.07) is 7.51. The van der Waals surface area contributed by atoms with Crippen LogP contribution in [0.4, 0.5) is 5.69 Å². The summed E-state index contributed by atoms with van der Waals surface area (Å²) in [7, 11) is 0. The summed E-state index contributed by atoms with van der Waals surface area (Å²) in [5, 5.41) is 18.1. The Balaban J connectivity index is 2.24. The number of nitrogens with zero attached hydrogens (tertiary/aromatic N) is 4. The molecular weight excluding hydrogens is 314 g/mol. The minimum Gasteiger partial charge on any atom is -0.326 e. The molecule has 116 valence electrons. The smallest absolute Gasteiger partial charge is 0.221 e. The number of halogens is 1.